The molecule has 23 heavy (non-hydrogen) atoms. The van der Waals surface area contributed by atoms with Gasteiger partial charge in [-0.15, -0.1) is 0 Å². The Morgan fingerprint density at radius 1 is 1.43 bits per heavy atom. The zero-order chi connectivity index (χ0) is 16.4. The van der Waals surface area contributed by atoms with Gasteiger partial charge in [0.05, 0.1) is 12.6 Å². The molecule has 0 bridgehead atoms. The van der Waals surface area contributed by atoms with Gasteiger partial charge in [0, 0.05) is 34.9 Å². The van der Waals surface area contributed by atoms with Gasteiger partial charge in [-0.25, -0.2) is 4.98 Å². The maximum atomic E-state index is 10.0. The number of rotatable bonds is 4. The maximum Gasteiger partial charge on any atom is 0.232 e. The van der Waals surface area contributed by atoms with Crippen LogP contribution < -0.4 is 9.64 Å². The fourth-order valence-corrected chi connectivity index (χ4v) is 3.35. The van der Waals surface area contributed by atoms with Crippen molar-refractivity contribution in [1.82, 2.24) is 4.98 Å². The second-order valence-electron chi connectivity index (χ2n) is 5.64. The van der Waals surface area contributed by atoms with Crippen molar-refractivity contribution >= 4 is 33.2 Å². The number of hydrogen-bond donors (Lipinski definition) is 1. The standard InChI is InChI=1S/C17H18BrClN2O2/c1-11(22)14-9-12(18)4-5-16(14)21-8-6-13(10-21)23-17-15(19)3-2-7-20-17/h2-5,7,9,11,13,22H,6,8,10H2,1H3. The van der Waals surface area contributed by atoms with Gasteiger partial charge in [0.2, 0.25) is 5.88 Å². The molecule has 0 radical (unpaired) electrons. The molecular weight excluding hydrogens is 380 g/mol. The van der Waals surface area contributed by atoms with E-state index in [1.54, 1.807) is 25.3 Å². The summed E-state index contributed by atoms with van der Waals surface area (Å²) in [6, 6.07) is 9.54. The predicted octanol–water partition coefficient (Wildman–Crippen LogP) is 4.21. The molecule has 1 saturated heterocycles. The van der Waals surface area contributed by atoms with Gasteiger partial charge in [-0.3, -0.25) is 0 Å². The van der Waals surface area contributed by atoms with Crippen LogP contribution in [0.4, 0.5) is 5.69 Å². The van der Waals surface area contributed by atoms with E-state index < -0.39 is 6.10 Å². The fraction of sp³-hybridized carbons (Fsp3) is 0.353. The van der Waals surface area contributed by atoms with Crippen LogP contribution in [0.25, 0.3) is 0 Å². The van der Waals surface area contributed by atoms with Crippen molar-refractivity contribution in [2.75, 3.05) is 18.0 Å². The average molecular weight is 398 g/mol. The number of aliphatic hydroxyl groups is 1. The van der Waals surface area contributed by atoms with Gasteiger partial charge in [0.25, 0.3) is 0 Å². The molecule has 1 N–H and O–H groups in total. The molecule has 1 aliphatic rings. The van der Waals surface area contributed by atoms with Gasteiger partial charge < -0.3 is 14.7 Å². The van der Waals surface area contributed by atoms with E-state index >= 15 is 0 Å². The van der Waals surface area contributed by atoms with E-state index in [-0.39, 0.29) is 6.10 Å². The molecule has 0 amide bonds. The van der Waals surface area contributed by atoms with Gasteiger partial charge in [-0.1, -0.05) is 27.5 Å². The average Bonchev–Trinajstić information content (AvgIpc) is 2.98. The van der Waals surface area contributed by atoms with Crippen LogP contribution in [-0.2, 0) is 0 Å². The summed E-state index contributed by atoms with van der Waals surface area (Å²) in [5, 5.41) is 10.5. The smallest absolute Gasteiger partial charge is 0.232 e. The number of pyridine rings is 1. The zero-order valence-corrected chi connectivity index (χ0v) is 15.1. The van der Waals surface area contributed by atoms with Crippen molar-refractivity contribution in [3.05, 3.63) is 51.6 Å². The van der Waals surface area contributed by atoms with Crippen molar-refractivity contribution in [2.24, 2.45) is 0 Å². The first kappa shape index (κ1) is 16.6. The molecule has 3 rings (SSSR count). The number of halogens is 2. The van der Waals surface area contributed by atoms with Crippen LogP contribution >= 0.6 is 27.5 Å². The Bertz CT molecular complexity index is 696. The summed E-state index contributed by atoms with van der Waals surface area (Å²) in [4.78, 5) is 6.41. The largest absolute Gasteiger partial charge is 0.471 e. The Balaban J connectivity index is 1.74. The molecule has 2 unspecified atom stereocenters. The number of aliphatic hydroxyl groups excluding tert-OH is 1. The van der Waals surface area contributed by atoms with Crippen LogP contribution in [0.15, 0.2) is 41.0 Å². The van der Waals surface area contributed by atoms with Gasteiger partial charge in [-0.05, 0) is 37.3 Å². The summed E-state index contributed by atoms with van der Waals surface area (Å²) in [5.74, 6) is 0.479. The highest BCUT2D eigenvalue weighted by Gasteiger charge is 2.27. The molecule has 1 aromatic heterocycles. The summed E-state index contributed by atoms with van der Waals surface area (Å²) >= 11 is 9.56. The Kier molecular flexibility index (Phi) is 5.09. The van der Waals surface area contributed by atoms with Crippen molar-refractivity contribution in [2.45, 2.75) is 25.6 Å². The number of benzene rings is 1. The lowest BCUT2D eigenvalue weighted by molar-refractivity contribution is 0.199. The van der Waals surface area contributed by atoms with Crippen LogP contribution in [0.2, 0.25) is 5.02 Å². The quantitative estimate of drug-likeness (QED) is 0.839. The van der Waals surface area contributed by atoms with Crippen LogP contribution in [0.5, 0.6) is 5.88 Å². The second kappa shape index (κ2) is 7.07. The molecule has 2 atom stereocenters. The Morgan fingerprint density at radius 2 is 2.26 bits per heavy atom. The Hall–Kier alpha value is -1.30. The van der Waals surface area contributed by atoms with Crippen molar-refractivity contribution in [3.63, 3.8) is 0 Å². The summed E-state index contributed by atoms with van der Waals surface area (Å²) in [7, 11) is 0. The van der Waals surface area contributed by atoms with Crippen molar-refractivity contribution < 1.29 is 9.84 Å². The minimum absolute atomic E-state index is 0.0351. The highest BCUT2D eigenvalue weighted by atomic mass is 79.9. The number of nitrogens with zero attached hydrogens (tertiary/aromatic N) is 2. The highest BCUT2D eigenvalue weighted by molar-refractivity contribution is 9.10. The molecular formula is C17H18BrClN2O2. The molecule has 0 aliphatic carbocycles. The number of hydrogen-bond acceptors (Lipinski definition) is 4. The minimum Gasteiger partial charge on any atom is -0.471 e. The molecule has 6 heteroatoms. The van der Waals surface area contributed by atoms with Crippen LogP contribution in [0.3, 0.4) is 0 Å². The lowest BCUT2D eigenvalue weighted by Crippen LogP contribution is -2.26. The Morgan fingerprint density at radius 3 is 3.00 bits per heavy atom. The summed E-state index contributed by atoms with van der Waals surface area (Å²) in [5.41, 5.74) is 1.96. The van der Waals surface area contributed by atoms with E-state index in [9.17, 15) is 5.11 Å². The lowest BCUT2D eigenvalue weighted by atomic mass is 10.1. The molecule has 0 spiro atoms. The number of ether oxygens (including phenoxy) is 1. The molecule has 4 nitrogen and oxygen atoms in total. The highest BCUT2D eigenvalue weighted by Crippen LogP contribution is 2.33. The Labute approximate surface area is 149 Å². The molecule has 2 heterocycles. The summed E-state index contributed by atoms with van der Waals surface area (Å²) < 4.78 is 6.89. The van der Waals surface area contributed by atoms with E-state index in [2.05, 4.69) is 25.8 Å². The first-order chi connectivity index (χ1) is 11.0. The second-order valence-corrected chi connectivity index (χ2v) is 6.97. The fourth-order valence-electron chi connectivity index (χ4n) is 2.81. The lowest BCUT2D eigenvalue weighted by Gasteiger charge is -2.23. The number of aromatic nitrogens is 1. The van der Waals surface area contributed by atoms with E-state index in [4.69, 9.17) is 16.3 Å². The molecule has 1 aromatic carbocycles. The van der Waals surface area contributed by atoms with E-state index in [1.165, 1.54) is 0 Å². The van der Waals surface area contributed by atoms with Gasteiger partial charge in [0.15, 0.2) is 0 Å². The van der Waals surface area contributed by atoms with Crippen LogP contribution in [0.1, 0.15) is 25.0 Å². The normalized spacial score (nSPS) is 19.0. The van der Waals surface area contributed by atoms with E-state index in [0.717, 1.165) is 35.2 Å². The topological polar surface area (TPSA) is 45.6 Å². The molecule has 2 aromatic rings. The van der Waals surface area contributed by atoms with E-state index in [0.29, 0.717) is 10.9 Å². The SMILES string of the molecule is CC(O)c1cc(Br)ccc1N1CCC(Oc2ncccc2Cl)C1. The van der Waals surface area contributed by atoms with Gasteiger partial charge in [-0.2, -0.15) is 0 Å². The van der Waals surface area contributed by atoms with Crippen molar-refractivity contribution in [3.8, 4) is 5.88 Å². The van der Waals surface area contributed by atoms with E-state index in [1.807, 2.05) is 18.2 Å². The maximum absolute atomic E-state index is 10.0. The first-order valence-corrected chi connectivity index (χ1v) is 8.71. The number of anilines is 1. The first-order valence-electron chi connectivity index (χ1n) is 7.54. The molecule has 0 saturated carbocycles. The third-order valence-corrected chi connectivity index (χ3v) is 4.71. The van der Waals surface area contributed by atoms with Gasteiger partial charge >= 0.3 is 0 Å². The van der Waals surface area contributed by atoms with Crippen LogP contribution in [0, 0.1) is 0 Å². The zero-order valence-electron chi connectivity index (χ0n) is 12.7. The van der Waals surface area contributed by atoms with Crippen molar-refractivity contribution in [1.29, 1.82) is 0 Å². The predicted molar refractivity (Wildman–Crippen MR) is 95.3 cm³/mol. The minimum atomic E-state index is -0.521. The molecule has 122 valence electrons. The summed E-state index contributed by atoms with van der Waals surface area (Å²) in [6.45, 7) is 3.40. The third-order valence-electron chi connectivity index (χ3n) is 3.93. The van der Waals surface area contributed by atoms with Crippen LogP contribution in [-0.4, -0.2) is 29.3 Å². The molecule has 1 fully saturated rings. The molecule has 1 aliphatic heterocycles. The monoisotopic (exact) mass is 396 g/mol. The summed E-state index contributed by atoms with van der Waals surface area (Å²) in [6.07, 6.45) is 2.08. The van der Waals surface area contributed by atoms with Gasteiger partial charge in [0.1, 0.15) is 11.1 Å². The third kappa shape index (κ3) is 3.79.